The van der Waals surface area contributed by atoms with Crippen LogP contribution in [0.15, 0.2) is 297 Å². The zero-order valence-electron chi connectivity index (χ0n) is 41.7. The van der Waals surface area contributed by atoms with Crippen molar-refractivity contribution in [2.45, 2.75) is 16.2 Å². The normalized spacial score (nSPS) is 14.6. The van der Waals surface area contributed by atoms with E-state index in [1.807, 2.05) is 0 Å². The monoisotopic (exact) mass is 963 g/mol. The molecule has 4 aliphatic rings. The molecule has 0 atom stereocenters. The zero-order valence-corrected chi connectivity index (χ0v) is 41.7. The van der Waals surface area contributed by atoms with Gasteiger partial charge in [-0.2, -0.15) is 0 Å². The maximum atomic E-state index is 2.56. The van der Waals surface area contributed by atoms with Gasteiger partial charge in [-0.05, 0) is 136 Å². The topological polar surface area (TPSA) is 3.24 Å². The second-order valence-electron chi connectivity index (χ2n) is 20.9. The van der Waals surface area contributed by atoms with Gasteiger partial charge in [-0.1, -0.05) is 267 Å². The molecule has 354 valence electrons. The quantitative estimate of drug-likeness (QED) is 0.154. The molecule has 0 bridgehead atoms. The van der Waals surface area contributed by atoms with Crippen molar-refractivity contribution in [2.24, 2.45) is 0 Å². The maximum Gasteiger partial charge on any atom is 0.0726 e. The van der Waals surface area contributed by atoms with Crippen molar-refractivity contribution >= 4 is 17.1 Å². The lowest BCUT2D eigenvalue weighted by molar-refractivity contribution is 0.768. The molecule has 12 aromatic carbocycles. The number of fused-ring (bicyclic) bond motifs is 16. The summed E-state index contributed by atoms with van der Waals surface area (Å²) in [5, 5.41) is 0. The predicted octanol–water partition coefficient (Wildman–Crippen LogP) is 18.2. The molecule has 0 unspecified atom stereocenters. The smallest absolute Gasteiger partial charge is 0.0726 e. The van der Waals surface area contributed by atoms with Crippen LogP contribution in [0.5, 0.6) is 0 Å². The van der Waals surface area contributed by atoms with Gasteiger partial charge in [0.1, 0.15) is 0 Å². The van der Waals surface area contributed by atoms with Gasteiger partial charge in [-0.3, -0.25) is 0 Å². The summed E-state index contributed by atoms with van der Waals surface area (Å²) in [7, 11) is 0. The van der Waals surface area contributed by atoms with E-state index in [2.05, 4.69) is 302 Å². The van der Waals surface area contributed by atoms with Gasteiger partial charge in [0.2, 0.25) is 0 Å². The van der Waals surface area contributed by atoms with E-state index in [-0.39, 0.29) is 0 Å². The average Bonchev–Trinajstić information content (AvgIpc) is 4.39. The fourth-order valence-corrected chi connectivity index (χ4v) is 14.9. The van der Waals surface area contributed by atoms with Crippen LogP contribution in [-0.4, -0.2) is 0 Å². The van der Waals surface area contributed by atoms with Crippen molar-refractivity contribution in [3.05, 3.63) is 364 Å². The Hall–Kier alpha value is -9.56. The van der Waals surface area contributed by atoms with E-state index < -0.39 is 16.2 Å². The molecule has 0 radical (unpaired) electrons. The zero-order chi connectivity index (χ0) is 50.0. The number of hydrogen-bond acceptors (Lipinski definition) is 1. The summed E-state index contributed by atoms with van der Waals surface area (Å²) in [5.74, 6) is 0. The van der Waals surface area contributed by atoms with Crippen LogP contribution in [0, 0.1) is 0 Å². The highest BCUT2D eigenvalue weighted by molar-refractivity contribution is 6.02. The van der Waals surface area contributed by atoms with Crippen molar-refractivity contribution in [1.82, 2.24) is 0 Å². The van der Waals surface area contributed by atoms with Crippen molar-refractivity contribution in [1.29, 1.82) is 0 Å². The van der Waals surface area contributed by atoms with E-state index in [1.165, 1.54) is 111 Å². The van der Waals surface area contributed by atoms with E-state index in [1.54, 1.807) is 0 Å². The maximum absolute atomic E-state index is 2.56. The number of anilines is 3. The first-order chi connectivity index (χ1) is 37.7. The Morgan fingerprint density at radius 1 is 0.197 bits per heavy atom. The Morgan fingerprint density at radius 2 is 0.513 bits per heavy atom. The number of benzene rings is 12. The third-order valence-corrected chi connectivity index (χ3v) is 17.7. The Kier molecular flexibility index (Phi) is 9.15. The van der Waals surface area contributed by atoms with Gasteiger partial charge in [0.05, 0.1) is 21.9 Å². The molecule has 1 nitrogen and oxygen atoms in total. The molecule has 1 heteroatoms. The molecule has 0 saturated carbocycles. The summed E-state index contributed by atoms with van der Waals surface area (Å²) in [4.78, 5) is 2.56. The Bertz CT molecular complexity index is 4150. The minimum absolute atomic E-state index is 0.488. The van der Waals surface area contributed by atoms with E-state index in [0.717, 1.165) is 17.1 Å². The summed E-state index contributed by atoms with van der Waals surface area (Å²) in [6.07, 6.45) is 0. The number of hydrogen-bond donors (Lipinski definition) is 0. The molecule has 0 aromatic heterocycles. The van der Waals surface area contributed by atoms with E-state index in [0.29, 0.717) is 0 Å². The van der Waals surface area contributed by atoms with Gasteiger partial charge in [0.15, 0.2) is 0 Å². The van der Waals surface area contributed by atoms with Crippen LogP contribution in [0.25, 0.3) is 44.5 Å². The average molecular weight is 964 g/mol. The first kappa shape index (κ1) is 42.9. The number of rotatable bonds is 7. The van der Waals surface area contributed by atoms with Crippen LogP contribution in [0.4, 0.5) is 17.1 Å². The Balaban J connectivity index is 0.969. The second kappa shape index (κ2) is 16.2. The molecule has 0 heterocycles. The predicted molar refractivity (Wildman–Crippen MR) is 312 cm³/mol. The van der Waals surface area contributed by atoms with E-state index in [9.17, 15) is 0 Å². The molecular formula is C75H49N. The molecule has 1 spiro atoms. The van der Waals surface area contributed by atoms with E-state index in [4.69, 9.17) is 0 Å². The number of nitrogens with zero attached hydrogens (tertiary/aromatic N) is 1. The minimum atomic E-state index is -0.518. The van der Waals surface area contributed by atoms with Crippen molar-refractivity contribution in [3.8, 4) is 44.5 Å². The van der Waals surface area contributed by atoms with E-state index >= 15 is 0 Å². The molecule has 0 N–H and O–H groups in total. The molecule has 0 amide bonds. The molecule has 0 aliphatic heterocycles. The Morgan fingerprint density at radius 3 is 0.961 bits per heavy atom. The van der Waals surface area contributed by atoms with Gasteiger partial charge in [0, 0.05) is 16.9 Å². The fourth-order valence-electron chi connectivity index (χ4n) is 14.9. The lowest BCUT2D eigenvalue weighted by atomic mass is 9.67. The highest BCUT2D eigenvalue weighted by Gasteiger charge is 2.53. The second-order valence-corrected chi connectivity index (χ2v) is 20.9. The lowest BCUT2D eigenvalue weighted by Gasteiger charge is -2.35. The summed E-state index contributed by atoms with van der Waals surface area (Å²) in [6, 6.07) is 112. The summed E-state index contributed by atoms with van der Waals surface area (Å²) in [6.45, 7) is 0. The first-order valence-electron chi connectivity index (χ1n) is 26.7. The van der Waals surface area contributed by atoms with Crippen LogP contribution in [0.2, 0.25) is 0 Å². The van der Waals surface area contributed by atoms with Gasteiger partial charge >= 0.3 is 0 Å². The van der Waals surface area contributed by atoms with Gasteiger partial charge in [-0.25, -0.2) is 0 Å². The first-order valence-corrected chi connectivity index (χ1v) is 26.7. The molecule has 0 fully saturated rings. The largest absolute Gasteiger partial charge is 0.310 e. The van der Waals surface area contributed by atoms with Crippen LogP contribution in [0.1, 0.15) is 66.8 Å². The fraction of sp³-hybridized carbons (Fsp3) is 0.0400. The van der Waals surface area contributed by atoms with Crippen LogP contribution >= 0.6 is 0 Å². The highest BCUT2D eigenvalue weighted by Crippen LogP contribution is 2.65. The minimum Gasteiger partial charge on any atom is -0.310 e. The molecule has 16 rings (SSSR count). The molecule has 76 heavy (non-hydrogen) atoms. The third-order valence-electron chi connectivity index (χ3n) is 17.7. The Labute approximate surface area is 444 Å². The SMILES string of the molecule is c1ccc(C2(c3ccc(N(c4ccc5c(c4)-c4ccccc4C5(c4ccccc4)c4ccccc4)c4cccc5c4-c4ccccc4C54c5ccccc5-c5ccccc54)cc3)c3ccccc3-c3ccccc32)cc1. The summed E-state index contributed by atoms with van der Waals surface area (Å²) in [5.41, 5.74) is 27.6. The standard InChI is InChI=1S/C75H49N/c1-4-23-50(24-5-1)73(51-25-6-2-7-26-51)65-37-18-14-33-60(65)62-49-55(47-48-69(62)73)76(54-45-43-53(44-46-54)74(52-27-8-3-9-28-52)63-35-16-10-29-56(63)57-30-11-17-36-64(57)74)71-42-22-41-70-72(71)61-34-15-21-40-68(61)75(70)66-38-19-12-31-58(66)59-32-13-20-39-67(59)75/h1-49H. The van der Waals surface area contributed by atoms with Gasteiger partial charge < -0.3 is 4.90 Å². The van der Waals surface area contributed by atoms with Crippen LogP contribution < -0.4 is 4.90 Å². The summed E-state index contributed by atoms with van der Waals surface area (Å²) < 4.78 is 0. The van der Waals surface area contributed by atoms with Gasteiger partial charge in [0.25, 0.3) is 0 Å². The highest BCUT2D eigenvalue weighted by atomic mass is 15.1. The van der Waals surface area contributed by atoms with Gasteiger partial charge in [-0.15, -0.1) is 0 Å². The lowest BCUT2D eigenvalue weighted by Crippen LogP contribution is -2.28. The van der Waals surface area contributed by atoms with Crippen LogP contribution in [-0.2, 0) is 16.2 Å². The molecular weight excluding hydrogens is 915 g/mol. The molecule has 0 saturated heterocycles. The molecule has 4 aliphatic carbocycles. The van der Waals surface area contributed by atoms with Crippen molar-refractivity contribution in [2.75, 3.05) is 4.90 Å². The molecule has 12 aromatic rings. The summed E-state index contributed by atoms with van der Waals surface area (Å²) >= 11 is 0. The van der Waals surface area contributed by atoms with Crippen molar-refractivity contribution < 1.29 is 0 Å². The van der Waals surface area contributed by atoms with Crippen LogP contribution in [0.3, 0.4) is 0 Å². The third kappa shape index (κ3) is 5.49. The van der Waals surface area contributed by atoms with Crippen molar-refractivity contribution in [3.63, 3.8) is 0 Å².